The topological polar surface area (TPSA) is 77.9 Å². The number of hydrogen-bond donors (Lipinski definition) is 1. The van der Waals surface area contributed by atoms with Crippen LogP contribution < -0.4 is 0 Å². The predicted octanol–water partition coefficient (Wildman–Crippen LogP) is 2.24. The lowest BCUT2D eigenvalue weighted by Gasteiger charge is -2.34. The fraction of sp³-hybridized carbons (Fsp3) is 0.350. The molecule has 0 saturated carbocycles. The molecule has 0 aliphatic carbocycles. The SMILES string of the molecule is Cc1ccc(S(=O)(=O)N2CCN(CCc3ccccc3)CC2)cc1C(=O)O. The number of benzene rings is 2. The van der Waals surface area contributed by atoms with Crippen LogP contribution in [0.1, 0.15) is 21.5 Å². The Hall–Kier alpha value is -2.22. The third-order valence-electron chi connectivity index (χ3n) is 4.97. The predicted molar refractivity (Wildman–Crippen MR) is 103 cm³/mol. The Morgan fingerprint density at radius 1 is 1.04 bits per heavy atom. The normalized spacial score (nSPS) is 16.3. The molecule has 3 rings (SSSR count). The fourth-order valence-corrected chi connectivity index (χ4v) is 4.72. The summed E-state index contributed by atoms with van der Waals surface area (Å²) in [5.41, 5.74) is 1.85. The molecule has 2 aromatic carbocycles. The lowest BCUT2D eigenvalue weighted by Crippen LogP contribution is -2.49. The van der Waals surface area contributed by atoms with Crippen LogP contribution in [-0.4, -0.2) is 61.4 Å². The molecule has 0 radical (unpaired) electrons. The van der Waals surface area contributed by atoms with Crippen molar-refractivity contribution in [2.45, 2.75) is 18.2 Å². The molecule has 1 aliphatic heterocycles. The van der Waals surface area contributed by atoms with Crippen LogP contribution in [0.15, 0.2) is 53.4 Å². The maximum atomic E-state index is 12.9. The van der Waals surface area contributed by atoms with Crippen molar-refractivity contribution in [1.82, 2.24) is 9.21 Å². The third kappa shape index (κ3) is 4.55. The summed E-state index contributed by atoms with van der Waals surface area (Å²) in [6.45, 7) is 4.71. The van der Waals surface area contributed by atoms with Crippen molar-refractivity contribution in [2.75, 3.05) is 32.7 Å². The first-order chi connectivity index (χ1) is 12.9. The second-order valence-electron chi connectivity index (χ2n) is 6.76. The minimum atomic E-state index is -3.68. The molecular weight excluding hydrogens is 364 g/mol. The number of sulfonamides is 1. The molecule has 6 nitrogen and oxygen atoms in total. The van der Waals surface area contributed by atoms with Gasteiger partial charge in [0.1, 0.15) is 0 Å². The Labute approximate surface area is 160 Å². The van der Waals surface area contributed by atoms with Gasteiger partial charge in [-0.2, -0.15) is 4.31 Å². The molecule has 2 aromatic rings. The Morgan fingerprint density at radius 3 is 2.33 bits per heavy atom. The van der Waals surface area contributed by atoms with Crippen molar-refractivity contribution in [3.63, 3.8) is 0 Å². The van der Waals surface area contributed by atoms with Crippen LogP contribution in [-0.2, 0) is 16.4 Å². The van der Waals surface area contributed by atoms with Crippen LogP contribution in [0.5, 0.6) is 0 Å². The highest BCUT2D eigenvalue weighted by Gasteiger charge is 2.29. The van der Waals surface area contributed by atoms with E-state index in [4.69, 9.17) is 0 Å². The first-order valence-corrected chi connectivity index (χ1v) is 10.4. The van der Waals surface area contributed by atoms with Gasteiger partial charge in [-0.15, -0.1) is 0 Å². The zero-order chi connectivity index (χ0) is 19.4. The number of aryl methyl sites for hydroxylation is 1. The second-order valence-corrected chi connectivity index (χ2v) is 8.70. The van der Waals surface area contributed by atoms with Gasteiger partial charge in [-0.3, -0.25) is 0 Å². The molecule has 1 aliphatic rings. The smallest absolute Gasteiger partial charge is 0.335 e. The number of piperazine rings is 1. The number of hydrogen-bond acceptors (Lipinski definition) is 4. The molecule has 0 atom stereocenters. The first-order valence-electron chi connectivity index (χ1n) is 8.98. The number of carbonyl (C=O) groups is 1. The van der Waals surface area contributed by atoms with Gasteiger partial charge in [-0.1, -0.05) is 36.4 Å². The van der Waals surface area contributed by atoms with Crippen molar-refractivity contribution < 1.29 is 18.3 Å². The van der Waals surface area contributed by atoms with Crippen LogP contribution in [0.3, 0.4) is 0 Å². The van der Waals surface area contributed by atoms with Gasteiger partial charge in [-0.05, 0) is 36.6 Å². The largest absolute Gasteiger partial charge is 0.478 e. The minimum absolute atomic E-state index is 0.0255. The second kappa shape index (κ2) is 8.21. The van der Waals surface area contributed by atoms with Crippen molar-refractivity contribution in [3.05, 3.63) is 65.2 Å². The van der Waals surface area contributed by atoms with E-state index in [0.29, 0.717) is 31.7 Å². The van der Waals surface area contributed by atoms with E-state index in [0.717, 1.165) is 13.0 Å². The molecule has 144 valence electrons. The highest BCUT2D eigenvalue weighted by atomic mass is 32.2. The van der Waals surface area contributed by atoms with E-state index in [2.05, 4.69) is 17.0 Å². The number of aromatic carboxylic acids is 1. The quantitative estimate of drug-likeness (QED) is 0.821. The summed E-state index contributed by atoms with van der Waals surface area (Å²) in [5.74, 6) is -1.12. The minimum Gasteiger partial charge on any atom is -0.478 e. The first kappa shape index (κ1) is 19.5. The molecule has 0 bridgehead atoms. The molecule has 7 heteroatoms. The van der Waals surface area contributed by atoms with Gasteiger partial charge in [0.25, 0.3) is 0 Å². The van der Waals surface area contributed by atoms with Crippen LogP contribution >= 0.6 is 0 Å². The number of rotatable bonds is 6. The van der Waals surface area contributed by atoms with Gasteiger partial charge in [-0.25, -0.2) is 13.2 Å². The van der Waals surface area contributed by atoms with Gasteiger partial charge < -0.3 is 10.0 Å². The summed E-state index contributed by atoms with van der Waals surface area (Å²) < 4.78 is 27.2. The Bertz CT molecular complexity index is 905. The lowest BCUT2D eigenvalue weighted by atomic mass is 10.1. The van der Waals surface area contributed by atoms with Crippen LogP contribution in [0.2, 0.25) is 0 Å². The van der Waals surface area contributed by atoms with Gasteiger partial charge in [0.15, 0.2) is 0 Å². The third-order valence-corrected chi connectivity index (χ3v) is 6.86. The number of nitrogens with zero attached hydrogens (tertiary/aromatic N) is 2. The van der Waals surface area contributed by atoms with Crippen molar-refractivity contribution >= 4 is 16.0 Å². The lowest BCUT2D eigenvalue weighted by molar-refractivity contribution is 0.0696. The molecule has 0 unspecified atom stereocenters. The van der Waals surface area contributed by atoms with E-state index < -0.39 is 16.0 Å². The molecule has 1 heterocycles. The molecule has 0 spiro atoms. The van der Waals surface area contributed by atoms with E-state index in [1.165, 1.54) is 22.0 Å². The maximum Gasteiger partial charge on any atom is 0.335 e. The van der Waals surface area contributed by atoms with Crippen molar-refractivity contribution in [2.24, 2.45) is 0 Å². The Balaban J connectivity index is 1.63. The molecule has 1 fully saturated rings. The van der Waals surface area contributed by atoms with Crippen molar-refractivity contribution in [1.29, 1.82) is 0 Å². The van der Waals surface area contributed by atoms with Gasteiger partial charge >= 0.3 is 5.97 Å². The fourth-order valence-electron chi connectivity index (χ4n) is 3.27. The van der Waals surface area contributed by atoms with Gasteiger partial charge in [0, 0.05) is 32.7 Å². The Morgan fingerprint density at radius 2 is 1.70 bits per heavy atom. The summed E-state index contributed by atoms with van der Waals surface area (Å²) in [6.07, 6.45) is 0.938. The molecule has 0 aromatic heterocycles. The zero-order valence-corrected chi connectivity index (χ0v) is 16.2. The molecule has 1 N–H and O–H groups in total. The average molecular weight is 388 g/mol. The van der Waals surface area contributed by atoms with Crippen molar-refractivity contribution in [3.8, 4) is 0 Å². The maximum absolute atomic E-state index is 12.9. The zero-order valence-electron chi connectivity index (χ0n) is 15.3. The van der Waals surface area contributed by atoms with E-state index in [9.17, 15) is 18.3 Å². The highest BCUT2D eigenvalue weighted by Crippen LogP contribution is 2.21. The van der Waals surface area contributed by atoms with E-state index >= 15 is 0 Å². The van der Waals surface area contributed by atoms with Gasteiger partial charge in [0.2, 0.25) is 10.0 Å². The molecule has 27 heavy (non-hydrogen) atoms. The number of carboxylic acids is 1. The summed E-state index contributed by atoms with van der Waals surface area (Å²) in [6, 6.07) is 14.5. The summed E-state index contributed by atoms with van der Waals surface area (Å²) in [5, 5.41) is 9.24. The molecule has 0 amide bonds. The van der Waals surface area contributed by atoms with Crippen LogP contribution in [0.4, 0.5) is 0 Å². The molecular formula is C20H24N2O4S. The number of carboxylic acid groups (broad SMARTS) is 1. The molecule has 1 saturated heterocycles. The van der Waals surface area contributed by atoms with Crippen LogP contribution in [0, 0.1) is 6.92 Å². The van der Waals surface area contributed by atoms with Crippen LogP contribution in [0.25, 0.3) is 0 Å². The van der Waals surface area contributed by atoms with E-state index in [-0.39, 0.29) is 10.5 Å². The monoisotopic (exact) mass is 388 g/mol. The van der Waals surface area contributed by atoms with E-state index in [1.54, 1.807) is 13.0 Å². The Kier molecular flexibility index (Phi) is 5.94. The van der Waals surface area contributed by atoms with E-state index in [1.807, 2.05) is 18.2 Å². The summed E-state index contributed by atoms with van der Waals surface area (Å²) in [7, 11) is -3.68. The standard InChI is InChI=1S/C20H24N2O4S/c1-16-7-8-18(15-19(16)20(23)24)27(25,26)22-13-11-21(12-14-22)10-9-17-5-3-2-4-6-17/h2-8,15H,9-14H2,1H3,(H,23,24). The average Bonchev–Trinajstić information content (AvgIpc) is 2.67. The summed E-state index contributed by atoms with van der Waals surface area (Å²) >= 11 is 0. The van der Waals surface area contributed by atoms with Gasteiger partial charge in [0.05, 0.1) is 10.5 Å². The summed E-state index contributed by atoms with van der Waals surface area (Å²) in [4.78, 5) is 13.6. The highest BCUT2D eigenvalue weighted by molar-refractivity contribution is 7.89.